The van der Waals surface area contributed by atoms with E-state index < -0.39 is 0 Å². The number of aromatic nitrogens is 1. The molecule has 10 aromatic rings. The average Bonchev–Trinajstić information content (AvgIpc) is 3.68. The Kier molecular flexibility index (Phi) is 5.51. The number of hydrogen-bond donors (Lipinski definition) is 0. The summed E-state index contributed by atoms with van der Waals surface area (Å²) in [5, 5.41) is 10.6. The predicted octanol–water partition coefficient (Wildman–Crippen LogP) is 12.8. The minimum absolute atomic E-state index is 1.17. The summed E-state index contributed by atoms with van der Waals surface area (Å²) < 4.78 is 5.12. The second-order valence-electron chi connectivity index (χ2n) is 12.1. The van der Waals surface area contributed by atoms with Gasteiger partial charge in [0, 0.05) is 36.6 Å². The van der Waals surface area contributed by atoms with Crippen LogP contribution in [-0.2, 0) is 0 Å². The predicted molar refractivity (Wildman–Crippen MR) is 200 cm³/mol. The van der Waals surface area contributed by atoms with Gasteiger partial charge in [-0.25, -0.2) is 0 Å². The second kappa shape index (κ2) is 9.90. The molecular weight excluding hydrogens is 575 g/mol. The van der Waals surface area contributed by atoms with Crippen molar-refractivity contribution in [2.45, 2.75) is 0 Å². The van der Waals surface area contributed by atoms with E-state index in [4.69, 9.17) is 0 Å². The van der Waals surface area contributed by atoms with Gasteiger partial charge in [-0.15, -0.1) is 11.3 Å². The second-order valence-corrected chi connectivity index (χ2v) is 13.2. The first kappa shape index (κ1) is 25.6. The molecule has 0 atom stereocenters. The fourth-order valence-corrected chi connectivity index (χ4v) is 8.60. The zero-order valence-electron chi connectivity index (χ0n) is 24.9. The molecule has 0 N–H and O–H groups in total. The molecule has 0 aliphatic heterocycles. The maximum Gasteiger partial charge on any atom is 0.0547 e. The standard InChI is InChI=1S/C44H27NS/c1-2-8-28(9-3-1)29-14-16-30(17-15-29)31-18-20-32(21-19-31)45-39-12-6-4-10-37(39)43-35-22-23-36-34(33(35)24-26-40(43)45)25-27-42-44(36)38-11-5-7-13-41(38)46-42/h1-27H. The Morgan fingerprint density at radius 1 is 0.304 bits per heavy atom. The van der Waals surface area contributed by atoms with Crippen molar-refractivity contribution < 1.29 is 0 Å². The first-order chi connectivity index (χ1) is 22.8. The summed E-state index contributed by atoms with van der Waals surface area (Å²) in [5.74, 6) is 0. The lowest BCUT2D eigenvalue weighted by molar-refractivity contribution is 1.18. The molecule has 214 valence electrons. The smallest absolute Gasteiger partial charge is 0.0547 e. The van der Waals surface area contributed by atoms with Crippen LogP contribution in [-0.4, -0.2) is 4.57 Å². The Balaban J connectivity index is 1.13. The highest BCUT2D eigenvalue weighted by Crippen LogP contribution is 2.43. The minimum atomic E-state index is 1.17. The molecule has 0 bridgehead atoms. The van der Waals surface area contributed by atoms with Crippen molar-refractivity contribution in [2.75, 3.05) is 0 Å². The van der Waals surface area contributed by atoms with E-state index in [9.17, 15) is 0 Å². The van der Waals surface area contributed by atoms with Crippen LogP contribution in [0.3, 0.4) is 0 Å². The maximum absolute atomic E-state index is 2.42. The third kappa shape index (κ3) is 3.74. The van der Waals surface area contributed by atoms with Gasteiger partial charge in [0.05, 0.1) is 11.0 Å². The number of thiophene rings is 1. The van der Waals surface area contributed by atoms with Crippen molar-refractivity contribution in [3.8, 4) is 27.9 Å². The largest absolute Gasteiger partial charge is 0.309 e. The monoisotopic (exact) mass is 601 g/mol. The molecule has 2 heterocycles. The average molecular weight is 602 g/mol. The van der Waals surface area contributed by atoms with Gasteiger partial charge in [-0.05, 0) is 80.2 Å². The van der Waals surface area contributed by atoms with Gasteiger partial charge in [0.2, 0.25) is 0 Å². The number of fused-ring (bicyclic) bond motifs is 11. The summed E-state index contributed by atoms with van der Waals surface area (Å²) >= 11 is 1.88. The van der Waals surface area contributed by atoms with Gasteiger partial charge in [0.15, 0.2) is 0 Å². The van der Waals surface area contributed by atoms with Crippen LogP contribution in [0.1, 0.15) is 0 Å². The normalized spacial score (nSPS) is 11.9. The first-order valence-electron chi connectivity index (χ1n) is 15.8. The van der Waals surface area contributed by atoms with Crippen LogP contribution < -0.4 is 0 Å². The highest BCUT2D eigenvalue weighted by molar-refractivity contribution is 7.26. The summed E-state index contributed by atoms with van der Waals surface area (Å²) in [6.07, 6.45) is 0. The van der Waals surface area contributed by atoms with E-state index in [1.54, 1.807) is 0 Å². The molecule has 0 aliphatic carbocycles. The van der Waals surface area contributed by atoms with Crippen molar-refractivity contribution in [1.29, 1.82) is 0 Å². The fraction of sp³-hybridized carbons (Fsp3) is 0. The molecule has 2 heteroatoms. The molecule has 0 radical (unpaired) electrons. The zero-order valence-corrected chi connectivity index (χ0v) is 25.8. The van der Waals surface area contributed by atoms with Crippen LogP contribution in [0.15, 0.2) is 164 Å². The highest BCUT2D eigenvalue weighted by Gasteiger charge is 2.17. The first-order valence-corrected chi connectivity index (χ1v) is 16.6. The van der Waals surface area contributed by atoms with Gasteiger partial charge in [-0.2, -0.15) is 0 Å². The highest BCUT2D eigenvalue weighted by atomic mass is 32.1. The third-order valence-corrected chi connectivity index (χ3v) is 10.8. The Labute approximate surface area is 270 Å². The van der Waals surface area contributed by atoms with Crippen LogP contribution in [0.2, 0.25) is 0 Å². The molecule has 10 rings (SSSR count). The van der Waals surface area contributed by atoms with E-state index in [-0.39, 0.29) is 0 Å². The lowest BCUT2D eigenvalue weighted by atomic mass is 9.96. The molecule has 0 saturated carbocycles. The van der Waals surface area contributed by atoms with E-state index in [1.807, 2.05) is 11.3 Å². The van der Waals surface area contributed by atoms with Gasteiger partial charge in [-0.3, -0.25) is 0 Å². The summed E-state index contributed by atoms with van der Waals surface area (Å²) in [6.45, 7) is 0. The molecule has 0 aliphatic rings. The Morgan fingerprint density at radius 3 is 1.59 bits per heavy atom. The van der Waals surface area contributed by atoms with Crippen LogP contribution >= 0.6 is 11.3 Å². The third-order valence-electron chi connectivity index (χ3n) is 9.62. The van der Waals surface area contributed by atoms with Crippen LogP contribution in [0.5, 0.6) is 0 Å². The fourth-order valence-electron chi connectivity index (χ4n) is 7.48. The van der Waals surface area contributed by atoms with Gasteiger partial charge < -0.3 is 4.57 Å². The van der Waals surface area contributed by atoms with E-state index in [0.717, 1.165) is 0 Å². The van der Waals surface area contributed by atoms with Gasteiger partial charge in [-0.1, -0.05) is 127 Å². The Bertz CT molecular complexity index is 2760. The Morgan fingerprint density at radius 2 is 0.848 bits per heavy atom. The molecule has 8 aromatic carbocycles. The van der Waals surface area contributed by atoms with Crippen molar-refractivity contribution in [3.05, 3.63) is 164 Å². The van der Waals surface area contributed by atoms with Crippen LogP contribution in [0.25, 0.3) is 91.5 Å². The quantitative estimate of drug-likeness (QED) is 0.178. The van der Waals surface area contributed by atoms with E-state index in [2.05, 4.69) is 168 Å². The number of para-hydroxylation sites is 1. The van der Waals surface area contributed by atoms with Gasteiger partial charge in [0.1, 0.15) is 0 Å². The van der Waals surface area contributed by atoms with Crippen LogP contribution in [0, 0.1) is 0 Å². The zero-order chi connectivity index (χ0) is 30.2. The molecule has 1 nitrogen and oxygen atoms in total. The van der Waals surface area contributed by atoms with Crippen molar-refractivity contribution in [3.63, 3.8) is 0 Å². The number of nitrogens with zero attached hydrogens (tertiary/aromatic N) is 1. The molecule has 0 fully saturated rings. The summed E-state index contributed by atoms with van der Waals surface area (Å²) in [7, 11) is 0. The number of rotatable bonds is 3. The summed E-state index contributed by atoms with van der Waals surface area (Å²) in [5.41, 5.74) is 8.54. The van der Waals surface area contributed by atoms with Crippen molar-refractivity contribution in [2.24, 2.45) is 0 Å². The minimum Gasteiger partial charge on any atom is -0.309 e. The van der Waals surface area contributed by atoms with Gasteiger partial charge >= 0.3 is 0 Å². The lowest BCUT2D eigenvalue weighted by Crippen LogP contribution is -1.93. The molecule has 0 spiro atoms. The number of hydrogen-bond acceptors (Lipinski definition) is 1. The summed E-state index contributed by atoms with van der Waals surface area (Å²) in [4.78, 5) is 0. The maximum atomic E-state index is 2.42. The van der Waals surface area contributed by atoms with E-state index >= 15 is 0 Å². The molecule has 46 heavy (non-hydrogen) atoms. The van der Waals surface area contributed by atoms with E-state index in [1.165, 1.54) is 91.5 Å². The van der Waals surface area contributed by atoms with Gasteiger partial charge in [0.25, 0.3) is 0 Å². The van der Waals surface area contributed by atoms with Crippen LogP contribution in [0.4, 0.5) is 0 Å². The molecule has 2 aromatic heterocycles. The lowest BCUT2D eigenvalue weighted by Gasteiger charge is -2.11. The van der Waals surface area contributed by atoms with E-state index in [0.29, 0.717) is 0 Å². The number of benzene rings is 8. The van der Waals surface area contributed by atoms with Crippen molar-refractivity contribution in [1.82, 2.24) is 4.57 Å². The Hall–Kier alpha value is -5.70. The molecule has 0 unspecified atom stereocenters. The topological polar surface area (TPSA) is 4.93 Å². The molecule has 0 saturated heterocycles. The summed E-state index contributed by atoms with van der Waals surface area (Å²) in [6, 6.07) is 60.1. The molecule has 0 amide bonds. The molecular formula is C44H27NS. The van der Waals surface area contributed by atoms with Crippen molar-refractivity contribution >= 4 is 74.9 Å². The SMILES string of the molecule is c1ccc(-c2ccc(-c3ccc(-n4c5ccccc5c5c6ccc7c(ccc8sc9ccccc9c87)c6ccc54)cc3)cc2)cc1.